The largest absolute Gasteiger partial charge is 0.303 e. The molecule has 4 nitrogen and oxygen atoms in total. The van der Waals surface area contributed by atoms with Gasteiger partial charge >= 0.3 is 0 Å². The SMILES string of the molecule is NNC(=O)CCCN1CCC(c2cccc(Cl)c2)CC1. The Morgan fingerprint density at radius 1 is 1.40 bits per heavy atom. The standard InChI is InChI=1S/C15H22ClN3O/c16-14-4-1-3-13(11-14)12-6-9-19(10-7-12)8-2-5-15(20)18-17/h1,3-4,11-12H,2,5-10,17H2,(H,18,20). The minimum absolute atomic E-state index is 0.0844. The lowest BCUT2D eigenvalue weighted by Crippen LogP contribution is -2.35. The van der Waals surface area contributed by atoms with Gasteiger partial charge in [-0.15, -0.1) is 0 Å². The molecule has 0 aromatic heterocycles. The van der Waals surface area contributed by atoms with Crippen molar-refractivity contribution in [2.24, 2.45) is 5.84 Å². The van der Waals surface area contributed by atoms with E-state index in [1.54, 1.807) is 0 Å². The molecule has 0 radical (unpaired) electrons. The molecule has 2 rings (SSSR count). The fraction of sp³-hybridized carbons (Fsp3) is 0.533. The van der Waals surface area contributed by atoms with E-state index in [4.69, 9.17) is 17.4 Å². The van der Waals surface area contributed by atoms with E-state index in [1.807, 2.05) is 12.1 Å². The maximum atomic E-state index is 11.1. The van der Waals surface area contributed by atoms with Crippen LogP contribution in [0.25, 0.3) is 0 Å². The van der Waals surface area contributed by atoms with Crippen molar-refractivity contribution in [1.29, 1.82) is 0 Å². The van der Waals surface area contributed by atoms with E-state index in [2.05, 4.69) is 22.5 Å². The quantitative estimate of drug-likeness (QED) is 0.498. The number of rotatable bonds is 5. The number of hydrogen-bond donors (Lipinski definition) is 2. The zero-order valence-electron chi connectivity index (χ0n) is 11.6. The van der Waals surface area contributed by atoms with Crippen LogP contribution in [0.2, 0.25) is 5.02 Å². The predicted octanol–water partition coefficient (Wildman–Crippen LogP) is 2.29. The minimum atomic E-state index is -0.0844. The maximum absolute atomic E-state index is 11.1. The molecule has 1 heterocycles. The number of likely N-dealkylation sites (tertiary alicyclic amines) is 1. The Labute approximate surface area is 125 Å². The summed E-state index contributed by atoms with van der Waals surface area (Å²) in [5.74, 6) is 5.59. The van der Waals surface area contributed by atoms with Gasteiger partial charge in [0.15, 0.2) is 0 Å². The van der Waals surface area contributed by atoms with Gasteiger partial charge in [-0.05, 0) is 62.5 Å². The van der Waals surface area contributed by atoms with Crippen LogP contribution in [0.5, 0.6) is 0 Å². The van der Waals surface area contributed by atoms with Crippen LogP contribution in [-0.4, -0.2) is 30.4 Å². The molecule has 3 N–H and O–H groups in total. The van der Waals surface area contributed by atoms with Crippen molar-refractivity contribution in [3.63, 3.8) is 0 Å². The molecular weight excluding hydrogens is 274 g/mol. The predicted molar refractivity (Wildman–Crippen MR) is 81.4 cm³/mol. The highest BCUT2D eigenvalue weighted by Gasteiger charge is 2.20. The summed E-state index contributed by atoms with van der Waals surface area (Å²) in [6.45, 7) is 3.14. The molecule has 1 fully saturated rings. The summed E-state index contributed by atoms with van der Waals surface area (Å²) in [5.41, 5.74) is 3.51. The Morgan fingerprint density at radius 2 is 2.15 bits per heavy atom. The summed E-state index contributed by atoms with van der Waals surface area (Å²) in [6.07, 6.45) is 3.68. The van der Waals surface area contributed by atoms with Gasteiger partial charge in [0, 0.05) is 11.4 Å². The van der Waals surface area contributed by atoms with Crippen molar-refractivity contribution in [3.8, 4) is 0 Å². The number of carbonyl (C=O) groups excluding carboxylic acids is 1. The zero-order valence-corrected chi connectivity index (χ0v) is 12.4. The van der Waals surface area contributed by atoms with E-state index in [9.17, 15) is 4.79 Å². The van der Waals surface area contributed by atoms with Gasteiger partial charge in [-0.25, -0.2) is 5.84 Å². The van der Waals surface area contributed by atoms with Crippen LogP contribution in [0.15, 0.2) is 24.3 Å². The lowest BCUT2D eigenvalue weighted by molar-refractivity contribution is -0.121. The van der Waals surface area contributed by atoms with Gasteiger partial charge in [0.2, 0.25) is 5.91 Å². The van der Waals surface area contributed by atoms with Gasteiger partial charge in [-0.3, -0.25) is 10.2 Å². The molecule has 20 heavy (non-hydrogen) atoms. The first-order chi connectivity index (χ1) is 9.69. The van der Waals surface area contributed by atoms with Gasteiger partial charge in [0.25, 0.3) is 0 Å². The first-order valence-electron chi connectivity index (χ1n) is 7.16. The zero-order chi connectivity index (χ0) is 14.4. The second kappa shape index (κ2) is 7.62. The van der Waals surface area contributed by atoms with Crippen molar-refractivity contribution in [3.05, 3.63) is 34.9 Å². The average molecular weight is 296 g/mol. The second-order valence-electron chi connectivity index (χ2n) is 5.34. The highest BCUT2D eigenvalue weighted by atomic mass is 35.5. The summed E-state index contributed by atoms with van der Waals surface area (Å²) < 4.78 is 0. The molecule has 1 aliphatic heterocycles. The number of carbonyl (C=O) groups is 1. The van der Waals surface area contributed by atoms with Crippen molar-refractivity contribution < 1.29 is 4.79 Å². The van der Waals surface area contributed by atoms with Crippen LogP contribution in [-0.2, 0) is 4.79 Å². The van der Waals surface area contributed by atoms with E-state index in [1.165, 1.54) is 5.56 Å². The van der Waals surface area contributed by atoms with Crippen molar-refractivity contribution in [2.45, 2.75) is 31.6 Å². The number of nitrogens with two attached hydrogens (primary N) is 1. The van der Waals surface area contributed by atoms with Gasteiger partial charge in [-0.1, -0.05) is 23.7 Å². The summed E-state index contributed by atoms with van der Waals surface area (Å²) in [6, 6.07) is 8.18. The third-order valence-electron chi connectivity index (χ3n) is 3.95. The Hall–Kier alpha value is -1.10. The monoisotopic (exact) mass is 295 g/mol. The molecule has 1 aliphatic rings. The fourth-order valence-electron chi connectivity index (χ4n) is 2.79. The summed E-state index contributed by atoms with van der Waals surface area (Å²) in [4.78, 5) is 13.5. The summed E-state index contributed by atoms with van der Waals surface area (Å²) in [7, 11) is 0. The molecule has 1 saturated heterocycles. The van der Waals surface area contributed by atoms with Crippen LogP contribution < -0.4 is 11.3 Å². The first-order valence-corrected chi connectivity index (χ1v) is 7.54. The number of hydrogen-bond acceptors (Lipinski definition) is 3. The minimum Gasteiger partial charge on any atom is -0.303 e. The summed E-state index contributed by atoms with van der Waals surface area (Å²) in [5, 5.41) is 0.817. The number of amides is 1. The van der Waals surface area contributed by atoms with Crippen LogP contribution in [0.4, 0.5) is 0 Å². The molecular formula is C15H22ClN3O. The molecule has 1 aromatic rings. The highest BCUT2D eigenvalue weighted by Crippen LogP contribution is 2.29. The second-order valence-corrected chi connectivity index (χ2v) is 5.78. The molecule has 0 bridgehead atoms. The van der Waals surface area contributed by atoms with E-state index >= 15 is 0 Å². The van der Waals surface area contributed by atoms with Crippen LogP contribution in [0.3, 0.4) is 0 Å². The maximum Gasteiger partial charge on any atom is 0.233 e. The smallest absolute Gasteiger partial charge is 0.233 e. The van der Waals surface area contributed by atoms with Crippen molar-refractivity contribution in [1.82, 2.24) is 10.3 Å². The summed E-state index contributed by atoms with van der Waals surface area (Å²) >= 11 is 6.05. The van der Waals surface area contributed by atoms with E-state index < -0.39 is 0 Å². The normalized spacial score (nSPS) is 17.1. The van der Waals surface area contributed by atoms with Crippen LogP contribution >= 0.6 is 11.6 Å². The average Bonchev–Trinajstić information content (AvgIpc) is 2.48. The highest BCUT2D eigenvalue weighted by molar-refractivity contribution is 6.30. The third kappa shape index (κ3) is 4.47. The third-order valence-corrected chi connectivity index (χ3v) is 4.18. The van der Waals surface area contributed by atoms with E-state index in [0.717, 1.165) is 43.9 Å². The van der Waals surface area contributed by atoms with Crippen molar-refractivity contribution >= 4 is 17.5 Å². The fourth-order valence-corrected chi connectivity index (χ4v) is 2.98. The Balaban J connectivity index is 1.74. The first kappa shape index (κ1) is 15.3. The van der Waals surface area contributed by atoms with Gasteiger partial charge in [0.05, 0.1) is 0 Å². The number of halogens is 1. The number of nitrogens with zero attached hydrogens (tertiary/aromatic N) is 1. The van der Waals surface area contributed by atoms with Crippen molar-refractivity contribution in [2.75, 3.05) is 19.6 Å². The molecule has 0 unspecified atom stereocenters. The number of hydrazine groups is 1. The molecule has 1 aromatic carbocycles. The van der Waals surface area contributed by atoms with Gasteiger partial charge < -0.3 is 4.90 Å². The Bertz CT molecular complexity index is 444. The Kier molecular flexibility index (Phi) is 5.83. The molecule has 0 atom stereocenters. The van der Waals surface area contributed by atoms with Gasteiger partial charge in [-0.2, -0.15) is 0 Å². The molecule has 0 aliphatic carbocycles. The molecule has 5 heteroatoms. The molecule has 0 saturated carbocycles. The Morgan fingerprint density at radius 3 is 2.80 bits per heavy atom. The number of piperidine rings is 1. The lowest BCUT2D eigenvalue weighted by atomic mass is 9.89. The molecule has 1 amide bonds. The van der Waals surface area contributed by atoms with Crippen LogP contribution in [0, 0.1) is 0 Å². The topological polar surface area (TPSA) is 58.4 Å². The number of nitrogens with one attached hydrogen (secondary N) is 1. The van der Waals surface area contributed by atoms with Gasteiger partial charge in [0.1, 0.15) is 0 Å². The molecule has 110 valence electrons. The number of benzene rings is 1. The lowest BCUT2D eigenvalue weighted by Gasteiger charge is -2.32. The van der Waals surface area contributed by atoms with E-state index in [-0.39, 0.29) is 5.91 Å². The van der Waals surface area contributed by atoms with Crippen LogP contribution in [0.1, 0.15) is 37.2 Å². The van der Waals surface area contributed by atoms with E-state index in [0.29, 0.717) is 12.3 Å². The molecule has 0 spiro atoms.